The van der Waals surface area contributed by atoms with Crippen LogP contribution in [0.2, 0.25) is 0 Å². The Balaban J connectivity index is 0.00000137. The van der Waals surface area contributed by atoms with Crippen molar-refractivity contribution in [2.45, 2.75) is 38.8 Å². The fourth-order valence-corrected chi connectivity index (χ4v) is 3.52. The van der Waals surface area contributed by atoms with E-state index < -0.39 is 11.6 Å². The number of carboxylic acid groups (broad SMARTS) is 1. The quantitative estimate of drug-likeness (QED) is 0.466. The zero-order chi connectivity index (χ0) is 25.6. The minimum absolute atomic E-state index is 0.0366. The van der Waals surface area contributed by atoms with Gasteiger partial charge in [0.25, 0.3) is 6.47 Å². The summed E-state index contributed by atoms with van der Waals surface area (Å²) < 4.78 is 32.2. The fraction of sp³-hybridized carbons (Fsp3) is 0.400. The molecule has 190 valence electrons. The summed E-state index contributed by atoms with van der Waals surface area (Å²) in [5, 5.41) is 12.6. The maximum Gasteiger partial charge on any atom is 0.290 e. The van der Waals surface area contributed by atoms with E-state index in [2.05, 4.69) is 15.5 Å². The summed E-state index contributed by atoms with van der Waals surface area (Å²) in [6.45, 7) is 4.26. The van der Waals surface area contributed by atoms with Crippen molar-refractivity contribution in [3.63, 3.8) is 0 Å². The highest BCUT2D eigenvalue weighted by atomic mass is 19.2. The molecule has 35 heavy (non-hydrogen) atoms. The topological polar surface area (TPSA) is 108 Å². The van der Waals surface area contributed by atoms with Crippen LogP contribution in [0.5, 0.6) is 0 Å². The molecular formula is C25H31F2N3O5. The largest absolute Gasteiger partial charge is 0.483 e. The Morgan fingerprint density at radius 2 is 1.80 bits per heavy atom. The van der Waals surface area contributed by atoms with Crippen molar-refractivity contribution >= 4 is 24.0 Å². The maximum atomic E-state index is 13.4. The van der Waals surface area contributed by atoms with E-state index >= 15 is 0 Å². The van der Waals surface area contributed by atoms with Gasteiger partial charge in [0.2, 0.25) is 11.8 Å². The lowest BCUT2D eigenvalue weighted by Gasteiger charge is -2.33. The van der Waals surface area contributed by atoms with Crippen LogP contribution in [0.4, 0.5) is 14.5 Å². The van der Waals surface area contributed by atoms with E-state index in [1.54, 1.807) is 13.0 Å². The van der Waals surface area contributed by atoms with Gasteiger partial charge < -0.3 is 20.5 Å². The molecule has 0 bridgehead atoms. The zero-order valence-corrected chi connectivity index (χ0v) is 19.6. The smallest absolute Gasteiger partial charge is 0.290 e. The minimum Gasteiger partial charge on any atom is -0.483 e. The number of anilines is 1. The number of hydrogen-bond acceptors (Lipinski definition) is 5. The van der Waals surface area contributed by atoms with E-state index in [0.29, 0.717) is 57.6 Å². The first-order chi connectivity index (χ1) is 16.8. The molecule has 0 unspecified atom stereocenters. The molecule has 0 aromatic heterocycles. The molecule has 0 aliphatic carbocycles. The van der Waals surface area contributed by atoms with Crippen molar-refractivity contribution < 1.29 is 33.0 Å². The molecule has 1 saturated heterocycles. The number of rotatable bonds is 9. The lowest BCUT2D eigenvalue weighted by molar-refractivity contribution is -0.123. The first kappa shape index (κ1) is 27.9. The summed E-state index contributed by atoms with van der Waals surface area (Å²) in [6.07, 6.45) is 1.22. The molecule has 1 aliphatic rings. The highest BCUT2D eigenvalue weighted by Crippen LogP contribution is 2.14. The first-order valence-electron chi connectivity index (χ1n) is 11.4. The zero-order valence-electron chi connectivity index (χ0n) is 19.6. The lowest BCUT2D eigenvalue weighted by atomic mass is 10.1. The molecule has 3 N–H and O–H groups in total. The van der Waals surface area contributed by atoms with E-state index in [-0.39, 0.29) is 24.4 Å². The van der Waals surface area contributed by atoms with Gasteiger partial charge in [0, 0.05) is 44.7 Å². The van der Waals surface area contributed by atoms with Crippen LogP contribution in [-0.2, 0) is 32.1 Å². The third-order valence-corrected chi connectivity index (χ3v) is 5.34. The van der Waals surface area contributed by atoms with Gasteiger partial charge in [-0.1, -0.05) is 25.1 Å². The SMILES string of the molecule is CCC(=O)Nc1ccc(CCC(=O)NC[C@H]2CN(Cc3ccc(F)c(F)c3)CCO2)cc1.O=CO. The highest BCUT2D eigenvalue weighted by molar-refractivity contribution is 5.90. The fourth-order valence-electron chi connectivity index (χ4n) is 3.52. The van der Waals surface area contributed by atoms with Gasteiger partial charge >= 0.3 is 0 Å². The van der Waals surface area contributed by atoms with Crippen molar-refractivity contribution in [3.8, 4) is 0 Å². The molecule has 0 radical (unpaired) electrons. The minimum atomic E-state index is -0.851. The molecule has 2 aromatic carbocycles. The summed E-state index contributed by atoms with van der Waals surface area (Å²) in [5.74, 6) is -1.80. The molecule has 8 nitrogen and oxygen atoms in total. The number of nitrogens with zero attached hydrogens (tertiary/aromatic N) is 1. The number of aryl methyl sites for hydroxylation is 1. The molecule has 1 heterocycles. The molecule has 10 heteroatoms. The monoisotopic (exact) mass is 491 g/mol. The van der Waals surface area contributed by atoms with Gasteiger partial charge in [-0.05, 0) is 41.8 Å². The van der Waals surface area contributed by atoms with Crippen LogP contribution >= 0.6 is 0 Å². The average Bonchev–Trinajstić information content (AvgIpc) is 2.85. The number of carbonyl (C=O) groups excluding carboxylic acids is 2. The second kappa shape index (κ2) is 14.8. The van der Waals surface area contributed by atoms with Crippen LogP contribution in [0.25, 0.3) is 0 Å². The van der Waals surface area contributed by atoms with Gasteiger partial charge in [0.1, 0.15) is 0 Å². The van der Waals surface area contributed by atoms with Crippen molar-refractivity contribution in [2.75, 3.05) is 31.6 Å². The Morgan fingerprint density at radius 1 is 1.11 bits per heavy atom. The van der Waals surface area contributed by atoms with Crippen molar-refractivity contribution in [3.05, 3.63) is 65.2 Å². The van der Waals surface area contributed by atoms with Crippen molar-refractivity contribution in [1.29, 1.82) is 0 Å². The van der Waals surface area contributed by atoms with Gasteiger partial charge in [-0.3, -0.25) is 19.3 Å². The maximum absolute atomic E-state index is 13.4. The van der Waals surface area contributed by atoms with E-state index in [1.165, 1.54) is 6.07 Å². The molecule has 0 saturated carbocycles. The standard InChI is InChI=1S/C24H29F2N3O3.CH2O2/c1-2-23(30)28-19-7-3-17(4-8-19)6-10-24(31)27-14-20-16-29(11-12-32-20)15-18-5-9-21(25)22(26)13-18;2-1-3/h3-5,7-9,13,20H,2,6,10-12,14-16H2,1H3,(H,27,31)(H,28,30);1H,(H,2,3)/t20-;/m0./s1. The number of halogens is 2. The van der Waals surface area contributed by atoms with E-state index in [0.717, 1.165) is 17.3 Å². The van der Waals surface area contributed by atoms with Crippen LogP contribution in [0, 0.1) is 11.6 Å². The van der Waals surface area contributed by atoms with Crippen LogP contribution in [-0.4, -0.2) is 60.6 Å². The molecule has 1 aliphatic heterocycles. The number of ether oxygens (including phenoxy) is 1. The van der Waals surface area contributed by atoms with Crippen molar-refractivity contribution in [1.82, 2.24) is 10.2 Å². The number of hydrogen-bond donors (Lipinski definition) is 3. The summed E-state index contributed by atoms with van der Waals surface area (Å²) in [5.41, 5.74) is 2.46. The van der Waals surface area contributed by atoms with Crippen LogP contribution in [0.1, 0.15) is 30.9 Å². The van der Waals surface area contributed by atoms with Gasteiger partial charge in [-0.15, -0.1) is 0 Å². The average molecular weight is 492 g/mol. The Bertz CT molecular complexity index is 972. The predicted octanol–water partition coefficient (Wildman–Crippen LogP) is 2.96. The van der Waals surface area contributed by atoms with Crippen LogP contribution < -0.4 is 10.6 Å². The first-order valence-corrected chi connectivity index (χ1v) is 11.4. The normalized spacial score (nSPS) is 15.5. The predicted molar refractivity (Wildman–Crippen MR) is 127 cm³/mol. The highest BCUT2D eigenvalue weighted by Gasteiger charge is 2.21. The number of nitrogens with one attached hydrogen (secondary N) is 2. The second-order valence-corrected chi connectivity index (χ2v) is 7.98. The molecule has 1 atom stereocenters. The molecular weight excluding hydrogens is 460 g/mol. The van der Waals surface area contributed by atoms with Gasteiger partial charge in [-0.25, -0.2) is 8.78 Å². The van der Waals surface area contributed by atoms with Gasteiger partial charge in [0.15, 0.2) is 11.6 Å². The molecule has 2 amide bonds. The van der Waals surface area contributed by atoms with Crippen LogP contribution in [0.15, 0.2) is 42.5 Å². The number of carbonyl (C=O) groups is 3. The molecule has 2 aromatic rings. The molecule has 3 rings (SSSR count). The Labute approximate surface area is 203 Å². The van der Waals surface area contributed by atoms with Crippen molar-refractivity contribution in [2.24, 2.45) is 0 Å². The Hall–Kier alpha value is -3.37. The summed E-state index contributed by atoms with van der Waals surface area (Å²) in [6, 6.07) is 11.4. The lowest BCUT2D eigenvalue weighted by Crippen LogP contribution is -2.47. The Morgan fingerprint density at radius 3 is 2.46 bits per heavy atom. The van der Waals surface area contributed by atoms with E-state index in [1.807, 2.05) is 24.3 Å². The van der Waals surface area contributed by atoms with E-state index in [9.17, 15) is 18.4 Å². The summed E-state index contributed by atoms with van der Waals surface area (Å²) in [4.78, 5) is 34.1. The number of amides is 2. The third kappa shape index (κ3) is 10.2. The van der Waals surface area contributed by atoms with E-state index in [4.69, 9.17) is 14.6 Å². The van der Waals surface area contributed by atoms with Crippen LogP contribution in [0.3, 0.4) is 0 Å². The molecule has 0 spiro atoms. The summed E-state index contributed by atoms with van der Waals surface area (Å²) in [7, 11) is 0. The Kier molecular flexibility index (Phi) is 11.8. The number of benzene rings is 2. The molecule has 1 fully saturated rings. The third-order valence-electron chi connectivity index (χ3n) is 5.34. The summed E-state index contributed by atoms with van der Waals surface area (Å²) >= 11 is 0. The number of morpholine rings is 1. The second-order valence-electron chi connectivity index (χ2n) is 7.98. The van der Waals surface area contributed by atoms with Gasteiger partial charge in [0.05, 0.1) is 12.7 Å². The van der Waals surface area contributed by atoms with Gasteiger partial charge in [-0.2, -0.15) is 0 Å².